The van der Waals surface area contributed by atoms with Gasteiger partial charge in [-0.15, -0.1) is 0 Å². The molecular weight excluding hydrogens is 256 g/mol. The maximum absolute atomic E-state index is 11.8. The zero-order chi connectivity index (χ0) is 15.3. The Hall–Kier alpha value is -2.01. The van der Waals surface area contributed by atoms with Gasteiger partial charge in [-0.05, 0) is 57.5 Å². The van der Waals surface area contributed by atoms with Gasteiger partial charge in [-0.1, -0.05) is 6.58 Å². The Morgan fingerprint density at radius 1 is 1.45 bits per heavy atom. The van der Waals surface area contributed by atoms with E-state index in [0.29, 0.717) is 24.2 Å². The first kappa shape index (κ1) is 16.0. The highest BCUT2D eigenvalue weighted by molar-refractivity contribution is 5.90. The van der Waals surface area contributed by atoms with Crippen LogP contribution < -0.4 is 11.1 Å². The fourth-order valence-corrected chi connectivity index (χ4v) is 1.66. The third-order valence-electron chi connectivity index (χ3n) is 2.47. The highest BCUT2D eigenvalue weighted by atomic mass is 16.6. The summed E-state index contributed by atoms with van der Waals surface area (Å²) in [4.78, 5) is 11.8. The molecule has 0 heterocycles. The molecule has 1 aromatic carbocycles. The number of nitrogens with two attached hydrogens (primary N) is 1. The molecule has 1 aromatic rings. The van der Waals surface area contributed by atoms with E-state index >= 15 is 0 Å². The molecule has 5 nitrogen and oxygen atoms in total. The second-order valence-electron chi connectivity index (χ2n) is 5.50. The second-order valence-corrected chi connectivity index (χ2v) is 5.50. The van der Waals surface area contributed by atoms with Gasteiger partial charge in [0.25, 0.3) is 0 Å². The van der Waals surface area contributed by atoms with Crippen molar-refractivity contribution in [2.75, 3.05) is 11.9 Å². The van der Waals surface area contributed by atoms with E-state index in [1.165, 1.54) is 6.07 Å². The van der Waals surface area contributed by atoms with E-state index in [0.717, 1.165) is 5.57 Å². The number of ether oxygens (including phenoxy) is 1. The summed E-state index contributed by atoms with van der Waals surface area (Å²) < 4.78 is 5.20. The van der Waals surface area contributed by atoms with Gasteiger partial charge in [-0.25, -0.2) is 4.79 Å². The van der Waals surface area contributed by atoms with Gasteiger partial charge in [0.15, 0.2) is 0 Å². The minimum atomic E-state index is -0.574. The van der Waals surface area contributed by atoms with Crippen LogP contribution in [-0.2, 0) is 4.74 Å². The quantitative estimate of drug-likeness (QED) is 0.739. The van der Waals surface area contributed by atoms with Crippen LogP contribution in [0.1, 0.15) is 32.8 Å². The number of nitrogens with one attached hydrogen (secondary N) is 1. The van der Waals surface area contributed by atoms with Crippen LogP contribution in [0.4, 0.5) is 10.5 Å². The maximum atomic E-state index is 11.8. The fraction of sp³-hybridized carbons (Fsp3) is 0.400. The molecule has 110 valence electrons. The van der Waals surface area contributed by atoms with Crippen molar-refractivity contribution in [1.82, 2.24) is 0 Å². The zero-order valence-electron chi connectivity index (χ0n) is 12.2. The number of benzene rings is 1. The molecule has 0 atom stereocenters. The Kier molecular flexibility index (Phi) is 5.16. The molecule has 0 aromatic heterocycles. The number of phenols is 1. The normalized spacial score (nSPS) is 11.0. The summed E-state index contributed by atoms with van der Waals surface area (Å²) in [6, 6.07) is 4.65. The molecule has 0 aliphatic rings. The van der Waals surface area contributed by atoms with E-state index < -0.39 is 11.7 Å². The summed E-state index contributed by atoms with van der Waals surface area (Å²) in [6.45, 7) is 9.73. The second kappa shape index (κ2) is 6.43. The van der Waals surface area contributed by atoms with Gasteiger partial charge >= 0.3 is 6.09 Å². The van der Waals surface area contributed by atoms with Gasteiger partial charge in [0.2, 0.25) is 0 Å². The molecule has 0 radical (unpaired) electrons. The average molecular weight is 278 g/mol. The standard InChI is InChI=1S/C15H22N2O3/c1-10(7-8-16)12-9-11(18)5-6-13(12)17-14(19)20-15(2,3)4/h5-6,9,18H,1,7-8,16H2,2-4H3,(H,17,19). The van der Waals surface area contributed by atoms with E-state index in [1.807, 2.05) is 0 Å². The van der Waals surface area contributed by atoms with Crippen LogP contribution in [-0.4, -0.2) is 23.3 Å². The van der Waals surface area contributed by atoms with Gasteiger partial charge in [-0.2, -0.15) is 0 Å². The highest BCUT2D eigenvalue weighted by Crippen LogP contribution is 2.29. The van der Waals surface area contributed by atoms with E-state index in [9.17, 15) is 9.90 Å². The first-order chi connectivity index (χ1) is 9.23. The summed E-state index contributed by atoms with van der Waals surface area (Å²) in [6.07, 6.45) is 0.0249. The molecule has 0 spiro atoms. The van der Waals surface area contributed by atoms with Gasteiger partial charge < -0.3 is 15.6 Å². The van der Waals surface area contributed by atoms with Gasteiger partial charge in [-0.3, -0.25) is 5.32 Å². The largest absolute Gasteiger partial charge is 0.508 e. The summed E-state index contributed by atoms with van der Waals surface area (Å²) in [7, 11) is 0. The molecular formula is C15H22N2O3. The number of anilines is 1. The number of hydrogen-bond donors (Lipinski definition) is 3. The van der Waals surface area contributed by atoms with Crippen molar-refractivity contribution in [2.45, 2.75) is 32.8 Å². The van der Waals surface area contributed by atoms with Crippen LogP contribution in [0.3, 0.4) is 0 Å². The van der Waals surface area contributed by atoms with Crippen LogP contribution in [0.25, 0.3) is 5.57 Å². The number of carbonyl (C=O) groups is 1. The van der Waals surface area contributed by atoms with Crippen LogP contribution in [0.2, 0.25) is 0 Å². The molecule has 0 saturated heterocycles. The predicted octanol–water partition coefficient (Wildman–Crippen LogP) is 3.10. The Labute approximate surface area is 119 Å². The number of amides is 1. The van der Waals surface area contributed by atoms with Crippen molar-refractivity contribution in [3.63, 3.8) is 0 Å². The molecule has 1 amide bonds. The smallest absolute Gasteiger partial charge is 0.412 e. The summed E-state index contributed by atoms with van der Waals surface area (Å²) in [5, 5.41) is 12.2. The van der Waals surface area contributed by atoms with Crippen molar-refractivity contribution < 1.29 is 14.6 Å². The zero-order valence-corrected chi connectivity index (χ0v) is 12.2. The molecule has 0 unspecified atom stereocenters. The lowest BCUT2D eigenvalue weighted by molar-refractivity contribution is 0.0636. The van der Waals surface area contributed by atoms with E-state index in [1.54, 1.807) is 32.9 Å². The Morgan fingerprint density at radius 2 is 2.10 bits per heavy atom. The Balaban J connectivity index is 2.94. The van der Waals surface area contributed by atoms with Crippen LogP contribution in [0.15, 0.2) is 24.8 Å². The van der Waals surface area contributed by atoms with Crippen molar-refractivity contribution in [3.05, 3.63) is 30.3 Å². The van der Waals surface area contributed by atoms with Gasteiger partial charge in [0, 0.05) is 5.56 Å². The van der Waals surface area contributed by atoms with Crippen molar-refractivity contribution >= 4 is 17.4 Å². The summed E-state index contributed by atoms with van der Waals surface area (Å²) in [5.74, 6) is 0.105. The minimum Gasteiger partial charge on any atom is -0.508 e. The lowest BCUT2D eigenvalue weighted by Crippen LogP contribution is -2.27. The number of phenolic OH excluding ortho intramolecular Hbond substituents is 1. The molecule has 0 aliphatic carbocycles. The summed E-state index contributed by atoms with van der Waals surface area (Å²) >= 11 is 0. The van der Waals surface area contributed by atoms with Crippen molar-refractivity contribution in [2.24, 2.45) is 5.73 Å². The number of rotatable bonds is 4. The third kappa shape index (κ3) is 4.93. The molecule has 5 heteroatoms. The highest BCUT2D eigenvalue weighted by Gasteiger charge is 2.17. The number of hydrogen-bond acceptors (Lipinski definition) is 4. The van der Waals surface area contributed by atoms with Crippen molar-refractivity contribution in [3.8, 4) is 5.75 Å². The monoisotopic (exact) mass is 278 g/mol. The van der Waals surface area contributed by atoms with Crippen molar-refractivity contribution in [1.29, 1.82) is 0 Å². The van der Waals surface area contributed by atoms with Crippen LogP contribution >= 0.6 is 0 Å². The van der Waals surface area contributed by atoms with Gasteiger partial charge in [0.05, 0.1) is 5.69 Å². The van der Waals surface area contributed by atoms with E-state index in [-0.39, 0.29) is 5.75 Å². The lowest BCUT2D eigenvalue weighted by atomic mass is 10.0. The Morgan fingerprint density at radius 3 is 2.65 bits per heavy atom. The van der Waals surface area contributed by atoms with E-state index in [4.69, 9.17) is 10.5 Å². The fourth-order valence-electron chi connectivity index (χ4n) is 1.66. The van der Waals surface area contributed by atoms with Gasteiger partial charge in [0.1, 0.15) is 11.4 Å². The molecule has 0 bridgehead atoms. The molecule has 1 rings (SSSR count). The van der Waals surface area contributed by atoms with Crippen LogP contribution in [0, 0.1) is 0 Å². The van der Waals surface area contributed by atoms with E-state index in [2.05, 4.69) is 11.9 Å². The SMILES string of the molecule is C=C(CCN)c1cc(O)ccc1NC(=O)OC(C)(C)C. The Bertz CT molecular complexity index is 504. The third-order valence-corrected chi connectivity index (χ3v) is 2.47. The maximum Gasteiger partial charge on any atom is 0.412 e. The minimum absolute atomic E-state index is 0.105. The lowest BCUT2D eigenvalue weighted by Gasteiger charge is -2.21. The predicted molar refractivity (Wildman–Crippen MR) is 80.7 cm³/mol. The molecule has 4 N–H and O–H groups in total. The number of carbonyl (C=O) groups excluding carboxylic acids is 1. The summed E-state index contributed by atoms with van der Waals surface area (Å²) in [5.41, 5.74) is 6.87. The topological polar surface area (TPSA) is 84.6 Å². The average Bonchev–Trinajstić information content (AvgIpc) is 2.29. The first-order valence-corrected chi connectivity index (χ1v) is 6.44. The molecule has 0 saturated carbocycles. The number of aromatic hydroxyl groups is 1. The molecule has 0 fully saturated rings. The first-order valence-electron chi connectivity index (χ1n) is 6.44. The molecule has 0 aliphatic heterocycles. The molecule has 20 heavy (non-hydrogen) atoms. The van der Waals surface area contributed by atoms with Crippen LogP contribution in [0.5, 0.6) is 5.75 Å².